The van der Waals surface area contributed by atoms with Crippen molar-refractivity contribution in [2.75, 3.05) is 26.8 Å². The summed E-state index contributed by atoms with van der Waals surface area (Å²) >= 11 is 0. The number of unbranched alkanes of at least 4 members (excludes halogenated alkanes) is 2. The number of carbonyl (C=O) groups is 1. The third-order valence-corrected chi connectivity index (χ3v) is 2.85. The minimum absolute atomic E-state index is 0.132. The second-order valence-corrected chi connectivity index (χ2v) is 4.13. The fraction of sp³-hybridized carbons (Fsp3) is 0.909. The minimum Gasteiger partial charge on any atom is -0.385 e. The highest BCUT2D eigenvalue weighted by molar-refractivity contribution is 5.82. The molecule has 0 aromatic rings. The zero-order chi connectivity index (χ0) is 11.1. The van der Waals surface area contributed by atoms with Gasteiger partial charge in [-0.2, -0.15) is 0 Å². The molecule has 1 aliphatic rings. The first-order chi connectivity index (χ1) is 7.25. The first-order valence-electron chi connectivity index (χ1n) is 5.79. The average molecular weight is 214 g/mol. The van der Waals surface area contributed by atoms with Gasteiger partial charge in [0.15, 0.2) is 0 Å². The number of rotatable bonds is 6. The Hall–Kier alpha value is -0.610. The van der Waals surface area contributed by atoms with Gasteiger partial charge in [0.2, 0.25) is 5.91 Å². The van der Waals surface area contributed by atoms with E-state index in [1.54, 1.807) is 7.11 Å². The van der Waals surface area contributed by atoms with Crippen molar-refractivity contribution in [3.05, 3.63) is 0 Å². The molecule has 0 aliphatic carbocycles. The standard InChI is InChI=1S/C11H22N2O2/c1-15-9-4-2-3-7-13-8-5-6-10(12)11(13)14/h10H,2-9,12H2,1H3. The molecule has 2 N–H and O–H groups in total. The molecule has 1 saturated heterocycles. The zero-order valence-corrected chi connectivity index (χ0v) is 9.58. The predicted octanol–water partition coefficient (Wildman–Crippen LogP) is 0.753. The van der Waals surface area contributed by atoms with Crippen LogP contribution in [0.4, 0.5) is 0 Å². The van der Waals surface area contributed by atoms with E-state index in [1.165, 1.54) is 0 Å². The number of methoxy groups -OCH3 is 1. The summed E-state index contributed by atoms with van der Waals surface area (Å²) in [7, 11) is 1.72. The minimum atomic E-state index is -0.252. The van der Waals surface area contributed by atoms with E-state index >= 15 is 0 Å². The molecule has 0 aromatic heterocycles. The van der Waals surface area contributed by atoms with Crippen LogP contribution in [0.3, 0.4) is 0 Å². The molecule has 0 radical (unpaired) electrons. The molecule has 1 atom stereocenters. The van der Waals surface area contributed by atoms with Crippen molar-refractivity contribution in [1.29, 1.82) is 0 Å². The lowest BCUT2D eigenvalue weighted by Crippen LogP contribution is -2.48. The molecule has 1 fully saturated rings. The van der Waals surface area contributed by atoms with Crippen molar-refractivity contribution in [1.82, 2.24) is 4.90 Å². The molecule has 15 heavy (non-hydrogen) atoms. The maximum absolute atomic E-state index is 11.6. The van der Waals surface area contributed by atoms with Crippen LogP contribution in [0.25, 0.3) is 0 Å². The Kier molecular flexibility index (Phi) is 5.65. The third kappa shape index (κ3) is 4.18. The molecule has 0 spiro atoms. The molecule has 0 aromatic carbocycles. The van der Waals surface area contributed by atoms with Gasteiger partial charge < -0.3 is 15.4 Å². The van der Waals surface area contributed by atoms with Gasteiger partial charge in [-0.05, 0) is 32.1 Å². The van der Waals surface area contributed by atoms with E-state index in [0.29, 0.717) is 0 Å². The summed E-state index contributed by atoms with van der Waals surface area (Å²) in [5.41, 5.74) is 5.71. The Morgan fingerprint density at radius 2 is 2.27 bits per heavy atom. The fourth-order valence-electron chi connectivity index (χ4n) is 1.92. The topological polar surface area (TPSA) is 55.6 Å². The van der Waals surface area contributed by atoms with Gasteiger partial charge in [0, 0.05) is 26.8 Å². The number of amides is 1. The maximum atomic E-state index is 11.6. The predicted molar refractivity (Wildman–Crippen MR) is 59.5 cm³/mol. The van der Waals surface area contributed by atoms with E-state index in [1.807, 2.05) is 4.90 Å². The van der Waals surface area contributed by atoms with Gasteiger partial charge in [-0.1, -0.05) is 0 Å². The molecule has 0 bridgehead atoms. The van der Waals surface area contributed by atoms with Gasteiger partial charge in [-0.15, -0.1) is 0 Å². The number of carbonyl (C=O) groups excluding carboxylic acids is 1. The molecule has 1 unspecified atom stereocenters. The van der Waals surface area contributed by atoms with E-state index in [4.69, 9.17) is 10.5 Å². The van der Waals surface area contributed by atoms with Crippen molar-refractivity contribution in [3.63, 3.8) is 0 Å². The number of hydrogen-bond acceptors (Lipinski definition) is 3. The molecule has 1 rings (SSSR count). The van der Waals surface area contributed by atoms with E-state index in [9.17, 15) is 4.79 Å². The van der Waals surface area contributed by atoms with Crippen LogP contribution in [0.15, 0.2) is 0 Å². The first kappa shape index (κ1) is 12.5. The number of piperidine rings is 1. The van der Waals surface area contributed by atoms with Crippen molar-refractivity contribution in [2.24, 2.45) is 5.73 Å². The molecule has 0 saturated carbocycles. The Morgan fingerprint density at radius 3 is 3.00 bits per heavy atom. The van der Waals surface area contributed by atoms with Crippen molar-refractivity contribution < 1.29 is 9.53 Å². The van der Waals surface area contributed by atoms with Crippen LogP contribution in [-0.2, 0) is 9.53 Å². The van der Waals surface area contributed by atoms with E-state index < -0.39 is 0 Å². The molecular formula is C11H22N2O2. The normalized spacial score (nSPS) is 22.1. The summed E-state index contributed by atoms with van der Waals surface area (Å²) in [4.78, 5) is 13.5. The molecular weight excluding hydrogens is 192 g/mol. The summed E-state index contributed by atoms with van der Waals surface area (Å²) in [6.07, 6.45) is 5.14. The summed E-state index contributed by atoms with van der Waals surface area (Å²) in [5, 5.41) is 0. The van der Waals surface area contributed by atoms with Crippen LogP contribution in [0, 0.1) is 0 Å². The van der Waals surface area contributed by atoms with Crippen LogP contribution < -0.4 is 5.73 Å². The number of nitrogens with zero attached hydrogens (tertiary/aromatic N) is 1. The SMILES string of the molecule is COCCCCCN1CCCC(N)C1=O. The highest BCUT2D eigenvalue weighted by Gasteiger charge is 2.24. The Bertz CT molecular complexity index is 197. The lowest BCUT2D eigenvalue weighted by Gasteiger charge is -2.30. The second-order valence-electron chi connectivity index (χ2n) is 4.13. The molecule has 4 nitrogen and oxygen atoms in total. The first-order valence-corrected chi connectivity index (χ1v) is 5.79. The van der Waals surface area contributed by atoms with Crippen LogP contribution >= 0.6 is 0 Å². The quantitative estimate of drug-likeness (QED) is 0.664. The van der Waals surface area contributed by atoms with Crippen LogP contribution in [0.5, 0.6) is 0 Å². The van der Waals surface area contributed by atoms with Crippen LogP contribution in [-0.4, -0.2) is 43.7 Å². The van der Waals surface area contributed by atoms with Gasteiger partial charge in [-0.25, -0.2) is 0 Å². The molecule has 1 aliphatic heterocycles. The summed E-state index contributed by atoms with van der Waals surface area (Å²) in [6.45, 7) is 2.56. The number of nitrogens with two attached hydrogens (primary N) is 1. The molecule has 4 heteroatoms. The van der Waals surface area contributed by atoms with Crippen molar-refractivity contribution in [3.8, 4) is 0 Å². The van der Waals surface area contributed by atoms with E-state index in [-0.39, 0.29) is 11.9 Å². The van der Waals surface area contributed by atoms with Crippen LogP contribution in [0.1, 0.15) is 32.1 Å². The zero-order valence-electron chi connectivity index (χ0n) is 9.58. The largest absolute Gasteiger partial charge is 0.385 e. The van der Waals surface area contributed by atoms with Crippen molar-refractivity contribution >= 4 is 5.91 Å². The van der Waals surface area contributed by atoms with Gasteiger partial charge >= 0.3 is 0 Å². The van der Waals surface area contributed by atoms with Gasteiger partial charge in [0.1, 0.15) is 0 Å². The van der Waals surface area contributed by atoms with E-state index in [2.05, 4.69) is 0 Å². The summed E-state index contributed by atoms with van der Waals surface area (Å²) in [5.74, 6) is 0.132. The van der Waals surface area contributed by atoms with Crippen molar-refractivity contribution in [2.45, 2.75) is 38.1 Å². The Balaban J connectivity index is 2.12. The third-order valence-electron chi connectivity index (χ3n) is 2.85. The molecule has 1 heterocycles. The Morgan fingerprint density at radius 1 is 1.47 bits per heavy atom. The molecule has 88 valence electrons. The lowest BCUT2D eigenvalue weighted by molar-refractivity contribution is -0.134. The van der Waals surface area contributed by atoms with Gasteiger partial charge in [0.25, 0.3) is 0 Å². The smallest absolute Gasteiger partial charge is 0.239 e. The highest BCUT2D eigenvalue weighted by Crippen LogP contribution is 2.11. The second kappa shape index (κ2) is 6.80. The highest BCUT2D eigenvalue weighted by atomic mass is 16.5. The molecule has 1 amide bonds. The number of likely N-dealkylation sites (tertiary alicyclic amines) is 1. The fourth-order valence-corrected chi connectivity index (χ4v) is 1.92. The maximum Gasteiger partial charge on any atom is 0.239 e. The van der Waals surface area contributed by atoms with Gasteiger partial charge in [-0.3, -0.25) is 4.79 Å². The van der Waals surface area contributed by atoms with Gasteiger partial charge in [0.05, 0.1) is 6.04 Å². The number of ether oxygens (including phenoxy) is 1. The monoisotopic (exact) mass is 214 g/mol. The van der Waals surface area contributed by atoms with Crippen LogP contribution in [0.2, 0.25) is 0 Å². The summed E-state index contributed by atoms with van der Waals surface area (Å²) in [6, 6.07) is -0.252. The average Bonchev–Trinajstić information content (AvgIpc) is 2.24. The lowest BCUT2D eigenvalue weighted by atomic mass is 10.1. The number of hydrogen-bond donors (Lipinski definition) is 1. The Labute approximate surface area is 91.8 Å². The van der Waals surface area contributed by atoms with E-state index in [0.717, 1.165) is 51.8 Å². The summed E-state index contributed by atoms with van der Waals surface area (Å²) < 4.78 is 4.97.